The number of carbonyl (C=O) groups is 1. The summed E-state index contributed by atoms with van der Waals surface area (Å²) >= 11 is 0. The van der Waals surface area contributed by atoms with Crippen molar-refractivity contribution in [3.63, 3.8) is 0 Å². The molecule has 1 fully saturated rings. The number of amides is 2. The van der Waals surface area contributed by atoms with Crippen molar-refractivity contribution in [1.82, 2.24) is 14.5 Å². The molecule has 1 aliphatic heterocycles. The van der Waals surface area contributed by atoms with Gasteiger partial charge in [0.1, 0.15) is 16.7 Å². The van der Waals surface area contributed by atoms with E-state index in [-0.39, 0.29) is 41.8 Å². The molecule has 1 heterocycles. The smallest absolute Gasteiger partial charge is 0.317 e. The molecule has 3 rings (SSSR count). The Labute approximate surface area is 197 Å². The van der Waals surface area contributed by atoms with E-state index in [2.05, 4.69) is 5.32 Å². The number of rotatable bonds is 6. The number of hydrogen-bond acceptors (Lipinski definition) is 5. The van der Waals surface area contributed by atoms with Gasteiger partial charge in [-0.3, -0.25) is 0 Å². The maximum absolute atomic E-state index is 13.5. The molecule has 0 bridgehead atoms. The average molecular weight is 480 g/mol. The molecule has 0 saturated heterocycles. The van der Waals surface area contributed by atoms with Gasteiger partial charge in [0.05, 0.1) is 13.2 Å². The number of benzene rings is 1. The number of sulfonamides is 1. The molecule has 33 heavy (non-hydrogen) atoms. The predicted octanol–water partition coefficient (Wildman–Crippen LogP) is 3.07. The number of allylic oxidation sites excluding steroid dienone is 1. The minimum atomic E-state index is -3.87. The van der Waals surface area contributed by atoms with Gasteiger partial charge in [0.25, 0.3) is 0 Å². The molecule has 0 spiro atoms. The zero-order chi connectivity index (χ0) is 24.2. The molecule has 0 aromatic heterocycles. The molecule has 1 aliphatic carbocycles. The number of fused-ring (bicyclic) bond motifs is 1. The number of carbonyl (C=O) groups excluding carboxylic acids is 1. The molecule has 1 saturated carbocycles. The first-order valence-electron chi connectivity index (χ1n) is 11.7. The van der Waals surface area contributed by atoms with E-state index in [9.17, 15) is 18.3 Å². The molecule has 2 amide bonds. The van der Waals surface area contributed by atoms with Crippen molar-refractivity contribution in [3.05, 3.63) is 29.8 Å². The van der Waals surface area contributed by atoms with Crippen LogP contribution in [0, 0.1) is 5.92 Å². The largest absolute Gasteiger partial charge is 0.487 e. The number of hydrogen-bond donors (Lipinski definition) is 2. The first-order valence-corrected chi connectivity index (χ1v) is 13.2. The number of ether oxygens (including phenoxy) is 1. The van der Waals surface area contributed by atoms with Gasteiger partial charge in [0.2, 0.25) is 10.0 Å². The number of aliphatic hydroxyl groups is 1. The van der Waals surface area contributed by atoms with Gasteiger partial charge in [0, 0.05) is 31.6 Å². The van der Waals surface area contributed by atoms with E-state index >= 15 is 0 Å². The van der Waals surface area contributed by atoms with Crippen LogP contribution in [0.4, 0.5) is 4.79 Å². The molecular formula is C24H37N3O5S. The third-order valence-corrected chi connectivity index (χ3v) is 8.55. The Morgan fingerprint density at radius 1 is 1.36 bits per heavy atom. The van der Waals surface area contributed by atoms with Gasteiger partial charge in [0.15, 0.2) is 0 Å². The maximum Gasteiger partial charge on any atom is 0.317 e. The lowest BCUT2D eigenvalue weighted by Crippen LogP contribution is -2.51. The second kappa shape index (κ2) is 10.9. The van der Waals surface area contributed by atoms with Gasteiger partial charge >= 0.3 is 6.03 Å². The van der Waals surface area contributed by atoms with Crippen LogP contribution in [0.5, 0.6) is 5.75 Å². The zero-order valence-electron chi connectivity index (χ0n) is 20.0. The molecule has 0 unspecified atom stereocenters. The van der Waals surface area contributed by atoms with E-state index in [1.807, 2.05) is 26.0 Å². The van der Waals surface area contributed by atoms with Crippen LogP contribution in [-0.4, -0.2) is 73.7 Å². The lowest BCUT2D eigenvalue weighted by Gasteiger charge is -2.37. The van der Waals surface area contributed by atoms with Gasteiger partial charge in [-0.2, -0.15) is 4.31 Å². The summed E-state index contributed by atoms with van der Waals surface area (Å²) in [7, 11) is -2.13. The number of urea groups is 1. The summed E-state index contributed by atoms with van der Waals surface area (Å²) in [6.45, 7) is 5.71. The molecule has 8 nitrogen and oxygen atoms in total. The second-order valence-electron chi connectivity index (χ2n) is 9.26. The van der Waals surface area contributed by atoms with Crippen LogP contribution in [0.25, 0.3) is 6.08 Å². The summed E-state index contributed by atoms with van der Waals surface area (Å²) in [5, 5.41) is 12.8. The zero-order valence-corrected chi connectivity index (χ0v) is 20.8. The van der Waals surface area contributed by atoms with Crippen LogP contribution in [0.1, 0.15) is 52.0 Å². The topological polar surface area (TPSA) is 99.2 Å². The Kier molecular flexibility index (Phi) is 8.42. The van der Waals surface area contributed by atoms with E-state index in [0.29, 0.717) is 6.54 Å². The predicted molar refractivity (Wildman–Crippen MR) is 129 cm³/mol. The second-order valence-corrected chi connectivity index (χ2v) is 11.1. The van der Waals surface area contributed by atoms with E-state index in [1.54, 1.807) is 37.1 Å². The standard InChI is InChI=1S/C24H37N3O5S/c1-5-8-19-11-12-23-21(13-19)32-22(15-26(4)24(29)25-20-9-6-7-10-20)17(2)14-27(18(3)16-28)33(23,30)31/h5,8,11-13,17-18,20,22,28H,6-7,9-10,14-16H2,1-4H3,(H,25,29)/b8-5+/t17-,18+,22+/m0/s1. The minimum absolute atomic E-state index is 0.0750. The van der Waals surface area contributed by atoms with Crippen LogP contribution in [0.3, 0.4) is 0 Å². The average Bonchev–Trinajstić information content (AvgIpc) is 3.28. The lowest BCUT2D eigenvalue weighted by atomic mass is 10.0. The highest BCUT2D eigenvalue weighted by atomic mass is 32.2. The van der Waals surface area contributed by atoms with Crippen LogP contribution in [0.2, 0.25) is 0 Å². The molecule has 1 aromatic rings. The molecule has 9 heteroatoms. The fraction of sp³-hybridized carbons (Fsp3) is 0.625. The monoisotopic (exact) mass is 479 g/mol. The number of nitrogens with one attached hydrogen (secondary N) is 1. The number of nitrogens with zero attached hydrogens (tertiary/aromatic N) is 2. The van der Waals surface area contributed by atoms with Gasteiger partial charge in [-0.1, -0.05) is 38.0 Å². The summed E-state index contributed by atoms with van der Waals surface area (Å²) in [6.07, 6.45) is 7.61. The van der Waals surface area contributed by atoms with Crippen molar-refractivity contribution in [2.45, 2.75) is 69.5 Å². The first kappa shape index (κ1) is 25.5. The van der Waals surface area contributed by atoms with Gasteiger partial charge in [-0.05, 0) is 44.4 Å². The Balaban J connectivity index is 1.92. The van der Waals surface area contributed by atoms with Crippen LogP contribution in [0.15, 0.2) is 29.2 Å². The highest BCUT2D eigenvalue weighted by Gasteiger charge is 2.38. The fourth-order valence-corrected chi connectivity index (χ4v) is 6.29. The third kappa shape index (κ3) is 5.88. The van der Waals surface area contributed by atoms with Crippen molar-refractivity contribution >= 4 is 22.1 Å². The van der Waals surface area contributed by atoms with Crippen molar-refractivity contribution in [2.24, 2.45) is 5.92 Å². The first-order chi connectivity index (χ1) is 15.7. The van der Waals surface area contributed by atoms with E-state index in [4.69, 9.17) is 4.74 Å². The third-order valence-electron chi connectivity index (χ3n) is 6.53. The molecular weight excluding hydrogens is 442 g/mol. The Morgan fingerprint density at radius 2 is 2.06 bits per heavy atom. The van der Waals surface area contributed by atoms with Crippen LogP contribution >= 0.6 is 0 Å². The fourth-order valence-electron chi connectivity index (χ4n) is 4.46. The van der Waals surface area contributed by atoms with E-state index in [0.717, 1.165) is 31.2 Å². The summed E-state index contributed by atoms with van der Waals surface area (Å²) < 4.78 is 34.6. The van der Waals surface area contributed by atoms with Crippen molar-refractivity contribution in [2.75, 3.05) is 26.7 Å². The minimum Gasteiger partial charge on any atom is -0.487 e. The quantitative estimate of drug-likeness (QED) is 0.653. The molecule has 184 valence electrons. The molecule has 0 radical (unpaired) electrons. The van der Waals surface area contributed by atoms with Crippen molar-refractivity contribution in [3.8, 4) is 5.75 Å². The van der Waals surface area contributed by atoms with Gasteiger partial charge in [-0.25, -0.2) is 13.2 Å². The molecule has 2 N–H and O–H groups in total. The van der Waals surface area contributed by atoms with Crippen molar-refractivity contribution < 1.29 is 23.1 Å². The molecule has 3 atom stereocenters. The van der Waals surface area contributed by atoms with Crippen LogP contribution < -0.4 is 10.1 Å². The lowest BCUT2D eigenvalue weighted by molar-refractivity contribution is 0.0808. The molecule has 1 aromatic carbocycles. The Bertz CT molecular complexity index is 959. The summed E-state index contributed by atoms with van der Waals surface area (Å²) in [5.74, 6) is 0.0518. The normalized spacial score (nSPS) is 24.5. The SMILES string of the molecule is C/C=C/c1ccc2c(c1)O[C@H](CN(C)C(=O)NC1CCCC1)[C@@H](C)CN([C@H](C)CO)S2(=O)=O. The Hall–Kier alpha value is -2.10. The highest BCUT2D eigenvalue weighted by Crippen LogP contribution is 2.34. The Morgan fingerprint density at radius 3 is 2.70 bits per heavy atom. The maximum atomic E-state index is 13.5. The summed E-state index contributed by atoms with van der Waals surface area (Å²) in [5.41, 5.74) is 0.826. The van der Waals surface area contributed by atoms with Crippen LogP contribution in [-0.2, 0) is 10.0 Å². The van der Waals surface area contributed by atoms with Gasteiger partial charge in [-0.15, -0.1) is 0 Å². The summed E-state index contributed by atoms with van der Waals surface area (Å²) in [4.78, 5) is 14.4. The number of aliphatic hydroxyl groups excluding tert-OH is 1. The van der Waals surface area contributed by atoms with Gasteiger partial charge < -0.3 is 20.1 Å². The van der Waals surface area contributed by atoms with Crippen molar-refractivity contribution in [1.29, 1.82) is 0 Å². The van der Waals surface area contributed by atoms with E-state index in [1.165, 1.54) is 4.31 Å². The highest BCUT2D eigenvalue weighted by molar-refractivity contribution is 7.89. The number of likely N-dealkylation sites (N-methyl/N-ethyl adjacent to an activating group) is 1. The van der Waals surface area contributed by atoms with E-state index < -0.39 is 22.2 Å². The molecule has 2 aliphatic rings. The summed E-state index contributed by atoms with van der Waals surface area (Å²) in [6, 6.07) is 4.51.